The lowest BCUT2D eigenvalue weighted by atomic mass is 9.86. The minimum Gasteiger partial charge on any atom is -0.492 e. The van der Waals surface area contributed by atoms with Crippen molar-refractivity contribution in [1.29, 1.82) is 0 Å². The van der Waals surface area contributed by atoms with Gasteiger partial charge in [0.05, 0.1) is 7.05 Å². The van der Waals surface area contributed by atoms with Crippen LogP contribution >= 0.6 is 0 Å². The molecule has 0 spiro atoms. The predicted molar refractivity (Wildman–Crippen MR) is 101 cm³/mol. The van der Waals surface area contributed by atoms with Gasteiger partial charge in [-0.05, 0) is 55.6 Å². The van der Waals surface area contributed by atoms with E-state index in [1.165, 1.54) is 10.8 Å². The zero-order chi connectivity index (χ0) is 19.6. The van der Waals surface area contributed by atoms with E-state index in [0.717, 1.165) is 17.9 Å². The van der Waals surface area contributed by atoms with Crippen LogP contribution in [0.2, 0.25) is 0 Å². The first-order chi connectivity index (χ1) is 12.9. The second-order valence-electron chi connectivity index (χ2n) is 6.76. The number of rotatable bonds is 6. The Morgan fingerprint density at radius 1 is 1.37 bits per heavy atom. The third-order valence-electron chi connectivity index (χ3n) is 4.57. The van der Waals surface area contributed by atoms with Crippen LogP contribution in [0.5, 0.6) is 5.75 Å². The van der Waals surface area contributed by atoms with Crippen molar-refractivity contribution >= 4 is 17.7 Å². The van der Waals surface area contributed by atoms with Crippen molar-refractivity contribution in [1.82, 2.24) is 14.5 Å². The average molecular weight is 370 g/mol. The summed E-state index contributed by atoms with van der Waals surface area (Å²) in [4.78, 5) is 29.3. The van der Waals surface area contributed by atoms with Crippen molar-refractivity contribution in [3.8, 4) is 5.75 Å². The first-order valence-electron chi connectivity index (χ1n) is 8.68. The van der Waals surface area contributed by atoms with Crippen LogP contribution in [-0.2, 0) is 13.5 Å². The number of fused-ring (bicyclic) bond motifs is 1. The molecule has 1 aliphatic rings. The predicted octanol–water partition coefficient (Wildman–Crippen LogP) is 2.48. The molecule has 0 saturated carbocycles. The summed E-state index contributed by atoms with van der Waals surface area (Å²) in [6.07, 6.45) is 4.11. The summed E-state index contributed by atoms with van der Waals surface area (Å²) in [6, 6.07) is 5.52. The minimum atomic E-state index is -0.495. The van der Waals surface area contributed by atoms with Gasteiger partial charge in [-0.2, -0.15) is 0 Å². The molecule has 27 heavy (non-hydrogen) atoms. The summed E-state index contributed by atoms with van der Waals surface area (Å²) in [5.74, 6) is 0.986. The Kier molecular flexibility index (Phi) is 5.36. The molecule has 0 atom stereocenters. The number of nitro groups is 1. The van der Waals surface area contributed by atoms with Gasteiger partial charge in [0.15, 0.2) is 5.78 Å². The van der Waals surface area contributed by atoms with E-state index in [0.29, 0.717) is 36.4 Å². The van der Waals surface area contributed by atoms with Crippen LogP contribution in [0, 0.1) is 10.1 Å². The quantitative estimate of drug-likeness (QED) is 0.441. The van der Waals surface area contributed by atoms with Crippen molar-refractivity contribution in [2.75, 3.05) is 27.2 Å². The monoisotopic (exact) mass is 370 g/mol. The highest BCUT2D eigenvalue weighted by molar-refractivity contribution is 6.13. The topological polar surface area (TPSA) is 90.5 Å². The fourth-order valence-electron chi connectivity index (χ4n) is 3.00. The fourth-order valence-corrected chi connectivity index (χ4v) is 3.00. The van der Waals surface area contributed by atoms with Gasteiger partial charge in [0.1, 0.15) is 18.6 Å². The first kappa shape index (κ1) is 18.8. The molecule has 8 heteroatoms. The molecule has 0 bridgehead atoms. The number of nitrogens with zero attached hydrogens (tertiary/aromatic N) is 4. The van der Waals surface area contributed by atoms with Gasteiger partial charge in [-0.3, -0.25) is 4.79 Å². The lowest BCUT2D eigenvalue weighted by molar-refractivity contribution is -0.391. The molecule has 0 unspecified atom stereocenters. The van der Waals surface area contributed by atoms with Crippen LogP contribution in [0.25, 0.3) is 6.08 Å². The average Bonchev–Trinajstić information content (AvgIpc) is 2.98. The van der Waals surface area contributed by atoms with Crippen molar-refractivity contribution in [2.45, 2.75) is 12.8 Å². The molecule has 2 aromatic rings. The number of allylic oxidation sites excluding steroid dienone is 1. The Labute approximate surface area is 157 Å². The van der Waals surface area contributed by atoms with Crippen molar-refractivity contribution in [2.24, 2.45) is 7.05 Å². The van der Waals surface area contributed by atoms with Crippen LogP contribution in [0.15, 0.2) is 30.0 Å². The standard InChI is InChI=1S/C19H22N4O4/c1-21(2)8-9-27-15-6-7-16-13(10-15)4-5-14(19(16)24)11-17-20-12-18(22(17)3)23(25)26/h6-7,10-12H,4-5,8-9H2,1-3H3/b14-11-. The van der Waals surface area contributed by atoms with E-state index < -0.39 is 4.92 Å². The number of carbonyl (C=O) groups excluding carboxylic acids is 1. The van der Waals surface area contributed by atoms with Crippen LogP contribution in [0.3, 0.4) is 0 Å². The molecule has 1 aromatic heterocycles. The maximum Gasteiger partial charge on any atom is 0.342 e. The smallest absolute Gasteiger partial charge is 0.342 e. The Bertz CT molecular complexity index is 914. The maximum atomic E-state index is 12.8. The van der Waals surface area contributed by atoms with Crippen molar-refractivity contribution in [3.63, 3.8) is 0 Å². The number of likely N-dealkylation sites (N-methyl/N-ethyl adjacent to an activating group) is 1. The van der Waals surface area contributed by atoms with Gasteiger partial charge in [-0.25, -0.2) is 9.55 Å². The second kappa shape index (κ2) is 7.71. The van der Waals surface area contributed by atoms with Gasteiger partial charge in [0.25, 0.3) is 0 Å². The van der Waals surface area contributed by atoms with E-state index in [-0.39, 0.29) is 11.6 Å². The minimum absolute atomic E-state index is 0.0678. The largest absolute Gasteiger partial charge is 0.492 e. The summed E-state index contributed by atoms with van der Waals surface area (Å²) in [5.41, 5.74) is 2.22. The van der Waals surface area contributed by atoms with Crippen LogP contribution < -0.4 is 4.74 Å². The molecule has 0 radical (unpaired) electrons. The Hall–Kier alpha value is -3.00. The highest BCUT2D eigenvalue weighted by Crippen LogP contribution is 2.29. The molecule has 0 aliphatic heterocycles. The summed E-state index contributed by atoms with van der Waals surface area (Å²) >= 11 is 0. The number of hydrogen-bond acceptors (Lipinski definition) is 6. The van der Waals surface area contributed by atoms with Gasteiger partial charge in [0.2, 0.25) is 5.82 Å². The molecule has 0 N–H and O–H groups in total. The van der Waals surface area contributed by atoms with E-state index in [2.05, 4.69) is 4.98 Å². The summed E-state index contributed by atoms with van der Waals surface area (Å²) < 4.78 is 7.11. The fraction of sp³-hybridized carbons (Fsp3) is 0.368. The van der Waals surface area contributed by atoms with E-state index in [4.69, 9.17) is 4.74 Å². The SMILES string of the molecule is CN(C)CCOc1ccc2c(c1)CC/C(=C/c1ncc([N+](=O)[O-])n1C)C2=O. The zero-order valence-electron chi connectivity index (χ0n) is 15.6. The Balaban J connectivity index is 1.79. The number of aromatic nitrogens is 2. The van der Waals surface area contributed by atoms with Crippen molar-refractivity contribution < 1.29 is 14.5 Å². The van der Waals surface area contributed by atoms with Crippen molar-refractivity contribution in [3.05, 3.63) is 57.0 Å². The molecule has 142 valence electrons. The molecule has 1 aliphatic carbocycles. The van der Waals surface area contributed by atoms with Crippen LogP contribution in [-0.4, -0.2) is 52.4 Å². The van der Waals surface area contributed by atoms with E-state index in [1.807, 2.05) is 25.1 Å². The van der Waals surface area contributed by atoms with E-state index in [9.17, 15) is 14.9 Å². The number of ether oxygens (including phenoxy) is 1. The van der Waals surface area contributed by atoms with Gasteiger partial charge >= 0.3 is 5.82 Å². The molecule has 0 fully saturated rings. The summed E-state index contributed by atoms with van der Waals surface area (Å²) in [7, 11) is 5.54. The maximum absolute atomic E-state index is 12.8. The third-order valence-corrected chi connectivity index (χ3v) is 4.57. The molecular weight excluding hydrogens is 348 g/mol. The molecule has 0 amide bonds. The highest BCUT2D eigenvalue weighted by atomic mass is 16.6. The lowest BCUT2D eigenvalue weighted by Gasteiger charge is -2.18. The molecular formula is C19H22N4O4. The Morgan fingerprint density at radius 3 is 2.81 bits per heavy atom. The first-order valence-corrected chi connectivity index (χ1v) is 8.68. The number of ketones is 1. The number of benzene rings is 1. The molecule has 8 nitrogen and oxygen atoms in total. The third kappa shape index (κ3) is 4.06. The summed E-state index contributed by atoms with van der Waals surface area (Å²) in [5, 5.41) is 10.9. The number of carbonyl (C=O) groups is 1. The molecule has 0 saturated heterocycles. The lowest BCUT2D eigenvalue weighted by Crippen LogP contribution is -2.20. The molecule has 3 rings (SSSR count). The van der Waals surface area contributed by atoms with Gasteiger partial charge in [0, 0.05) is 23.8 Å². The van der Waals surface area contributed by atoms with E-state index >= 15 is 0 Å². The van der Waals surface area contributed by atoms with Crippen LogP contribution in [0.1, 0.15) is 28.2 Å². The molecule has 1 heterocycles. The zero-order valence-corrected chi connectivity index (χ0v) is 15.6. The second-order valence-corrected chi connectivity index (χ2v) is 6.76. The Morgan fingerprint density at radius 2 is 2.15 bits per heavy atom. The van der Waals surface area contributed by atoms with Gasteiger partial charge in [-0.1, -0.05) is 0 Å². The normalized spacial score (nSPS) is 15.3. The molecule has 1 aromatic carbocycles. The van der Waals surface area contributed by atoms with Gasteiger partial charge < -0.3 is 19.8 Å². The number of imidazole rings is 1. The van der Waals surface area contributed by atoms with E-state index in [1.54, 1.807) is 25.3 Å². The number of aryl methyl sites for hydroxylation is 1. The number of hydrogen-bond donors (Lipinski definition) is 0. The van der Waals surface area contributed by atoms with Gasteiger partial charge in [-0.15, -0.1) is 0 Å². The summed E-state index contributed by atoms with van der Waals surface area (Å²) in [6.45, 7) is 1.40. The number of Topliss-reactive ketones (excluding diaryl/α,β-unsaturated/α-hetero) is 1. The highest BCUT2D eigenvalue weighted by Gasteiger charge is 2.24. The van der Waals surface area contributed by atoms with Crippen LogP contribution in [0.4, 0.5) is 5.82 Å².